The Morgan fingerprint density at radius 1 is 1.55 bits per heavy atom. The van der Waals surface area contributed by atoms with Crippen LogP contribution in [0, 0.1) is 11.3 Å². The molecule has 11 heavy (non-hydrogen) atoms. The number of hydrogen-bond donors (Lipinski definition) is 1. The van der Waals surface area contributed by atoms with Gasteiger partial charge in [-0.05, 0) is 19.3 Å². The summed E-state index contributed by atoms with van der Waals surface area (Å²) >= 11 is 0. The van der Waals surface area contributed by atoms with Crippen LogP contribution in [-0.4, -0.2) is 17.0 Å². The molecule has 1 N–H and O–H groups in total. The van der Waals surface area contributed by atoms with E-state index >= 15 is 0 Å². The molecule has 2 unspecified atom stereocenters. The number of aliphatic carboxylic acids is 1. The number of carboxylic acid groups (broad SMARTS) is 1. The van der Waals surface area contributed by atoms with Crippen LogP contribution in [0.25, 0.3) is 0 Å². The first-order chi connectivity index (χ1) is 5.01. The van der Waals surface area contributed by atoms with Crippen LogP contribution in [0.5, 0.6) is 0 Å². The smallest absolute Gasteiger partial charge is 0.315 e. The van der Waals surface area contributed by atoms with Crippen molar-refractivity contribution in [3.8, 4) is 0 Å². The van der Waals surface area contributed by atoms with E-state index in [0.29, 0.717) is 6.42 Å². The predicted molar refractivity (Wildman–Crippen MR) is 32.4 cm³/mol. The van der Waals surface area contributed by atoms with E-state index in [1.807, 2.05) is 0 Å². The van der Waals surface area contributed by atoms with E-state index in [9.17, 15) is 13.6 Å². The quantitative estimate of drug-likeness (QED) is 0.634. The van der Waals surface area contributed by atoms with Crippen LogP contribution >= 0.6 is 0 Å². The Balaban J connectivity index is 2.36. The molecule has 0 aliphatic heterocycles. The summed E-state index contributed by atoms with van der Waals surface area (Å²) in [7, 11) is 0. The molecule has 4 heteroatoms. The molecule has 0 radical (unpaired) electrons. The standard InChI is InChI=1S/C7H8F2O2/c8-7(9)4-1-2-6(7,3-4)5(10)11/h4H,1-3H2,(H,10,11). The molecule has 0 amide bonds. The molecule has 3 rings (SSSR count). The van der Waals surface area contributed by atoms with E-state index in [2.05, 4.69) is 0 Å². The first-order valence-electron chi connectivity index (χ1n) is 3.62. The molecule has 0 saturated heterocycles. The van der Waals surface area contributed by atoms with E-state index in [4.69, 9.17) is 5.11 Å². The zero-order valence-corrected chi connectivity index (χ0v) is 5.81. The minimum absolute atomic E-state index is 0.153. The monoisotopic (exact) mass is 162 g/mol. The van der Waals surface area contributed by atoms with Gasteiger partial charge in [0.15, 0.2) is 0 Å². The summed E-state index contributed by atoms with van der Waals surface area (Å²) in [5.74, 6) is -4.91. The molecule has 0 aromatic carbocycles. The normalized spacial score (nSPS) is 45.1. The zero-order valence-electron chi connectivity index (χ0n) is 5.81. The molecule has 3 saturated carbocycles. The molecule has 2 nitrogen and oxygen atoms in total. The maximum Gasteiger partial charge on any atom is 0.315 e. The van der Waals surface area contributed by atoms with Crippen molar-refractivity contribution in [1.82, 2.24) is 0 Å². The molecule has 3 aliphatic rings. The Kier molecular flexibility index (Phi) is 0.997. The van der Waals surface area contributed by atoms with Crippen LogP contribution in [0.15, 0.2) is 0 Å². The lowest BCUT2D eigenvalue weighted by Gasteiger charge is -2.43. The summed E-state index contributed by atoms with van der Waals surface area (Å²) in [6.45, 7) is 0. The van der Waals surface area contributed by atoms with Gasteiger partial charge in [-0.15, -0.1) is 0 Å². The lowest BCUT2D eigenvalue weighted by molar-refractivity contribution is -0.222. The van der Waals surface area contributed by atoms with Crippen LogP contribution in [0.2, 0.25) is 0 Å². The largest absolute Gasteiger partial charge is 0.481 e. The highest BCUT2D eigenvalue weighted by atomic mass is 19.3. The Morgan fingerprint density at radius 2 is 2.18 bits per heavy atom. The fourth-order valence-electron chi connectivity index (χ4n) is 2.25. The first kappa shape index (κ1) is 7.00. The van der Waals surface area contributed by atoms with Gasteiger partial charge < -0.3 is 5.11 Å². The molecular weight excluding hydrogens is 154 g/mol. The molecule has 2 bridgehead atoms. The van der Waals surface area contributed by atoms with Gasteiger partial charge in [0.25, 0.3) is 5.92 Å². The molecule has 0 spiro atoms. The summed E-state index contributed by atoms with van der Waals surface area (Å²) in [4.78, 5) is 10.5. The number of fused-ring (bicyclic) bond motifs is 1. The summed E-state index contributed by atoms with van der Waals surface area (Å²) in [6, 6.07) is 0. The third kappa shape index (κ3) is 0.511. The van der Waals surface area contributed by atoms with Crippen molar-refractivity contribution in [3.05, 3.63) is 0 Å². The molecule has 2 atom stereocenters. The molecule has 0 aromatic rings. The van der Waals surface area contributed by atoms with Crippen molar-refractivity contribution < 1.29 is 18.7 Å². The SMILES string of the molecule is O=C(O)C12CCC(C1)C2(F)F. The number of rotatable bonds is 1. The van der Waals surface area contributed by atoms with Gasteiger partial charge in [0.2, 0.25) is 0 Å². The fraction of sp³-hybridized carbons (Fsp3) is 0.857. The summed E-state index contributed by atoms with van der Waals surface area (Å²) in [5, 5.41) is 8.57. The maximum atomic E-state index is 12.9. The molecule has 3 fully saturated rings. The van der Waals surface area contributed by atoms with Crippen LogP contribution in [-0.2, 0) is 4.79 Å². The average Bonchev–Trinajstić information content (AvgIpc) is 2.40. The molecule has 0 aromatic heterocycles. The van der Waals surface area contributed by atoms with Gasteiger partial charge in [0.1, 0.15) is 5.41 Å². The Bertz CT molecular complexity index is 222. The summed E-state index contributed by atoms with van der Waals surface area (Å²) < 4.78 is 25.8. The topological polar surface area (TPSA) is 37.3 Å². The predicted octanol–water partition coefficient (Wildman–Crippen LogP) is 1.51. The number of hydrogen-bond acceptors (Lipinski definition) is 1. The van der Waals surface area contributed by atoms with Crippen molar-refractivity contribution >= 4 is 5.97 Å². The van der Waals surface area contributed by atoms with Gasteiger partial charge in [0.05, 0.1) is 0 Å². The third-order valence-corrected chi connectivity index (χ3v) is 3.07. The Labute approximate surface area is 62.2 Å². The molecule has 62 valence electrons. The van der Waals surface area contributed by atoms with Crippen LogP contribution in [0.1, 0.15) is 19.3 Å². The van der Waals surface area contributed by atoms with Crippen molar-refractivity contribution in [1.29, 1.82) is 0 Å². The second-order valence-electron chi connectivity index (χ2n) is 3.45. The number of carboxylic acids is 1. The second kappa shape index (κ2) is 1.57. The van der Waals surface area contributed by atoms with Gasteiger partial charge >= 0.3 is 5.97 Å². The van der Waals surface area contributed by atoms with Gasteiger partial charge in [-0.2, -0.15) is 0 Å². The van der Waals surface area contributed by atoms with E-state index in [1.165, 1.54) is 0 Å². The van der Waals surface area contributed by atoms with Crippen molar-refractivity contribution in [3.63, 3.8) is 0 Å². The Hall–Kier alpha value is -0.670. The lowest BCUT2D eigenvalue weighted by Crippen LogP contribution is -2.56. The minimum atomic E-state index is -2.93. The number of alkyl halides is 2. The molecular formula is C7H8F2O2. The highest BCUT2D eigenvalue weighted by molar-refractivity contribution is 5.78. The maximum absolute atomic E-state index is 12.9. The second-order valence-corrected chi connectivity index (χ2v) is 3.45. The van der Waals surface area contributed by atoms with Crippen LogP contribution in [0.4, 0.5) is 8.78 Å². The van der Waals surface area contributed by atoms with Crippen molar-refractivity contribution in [2.24, 2.45) is 11.3 Å². The van der Waals surface area contributed by atoms with E-state index < -0.39 is 23.2 Å². The number of carbonyl (C=O) groups is 1. The first-order valence-corrected chi connectivity index (χ1v) is 3.62. The van der Waals surface area contributed by atoms with Gasteiger partial charge in [-0.25, -0.2) is 8.78 Å². The van der Waals surface area contributed by atoms with Gasteiger partial charge in [-0.3, -0.25) is 4.79 Å². The van der Waals surface area contributed by atoms with Gasteiger partial charge in [-0.1, -0.05) is 0 Å². The fourth-order valence-corrected chi connectivity index (χ4v) is 2.25. The van der Waals surface area contributed by atoms with E-state index in [-0.39, 0.29) is 12.8 Å². The zero-order chi connectivity index (χ0) is 8.28. The van der Waals surface area contributed by atoms with E-state index in [1.54, 1.807) is 0 Å². The third-order valence-electron chi connectivity index (χ3n) is 3.07. The van der Waals surface area contributed by atoms with Crippen LogP contribution < -0.4 is 0 Å². The summed E-state index contributed by atoms with van der Waals surface area (Å²) in [5.41, 5.74) is -1.68. The summed E-state index contributed by atoms with van der Waals surface area (Å²) in [6.07, 6.45) is 0.703. The highest BCUT2D eigenvalue weighted by Crippen LogP contribution is 2.68. The van der Waals surface area contributed by atoms with Crippen molar-refractivity contribution in [2.75, 3.05) is 0 Å². The highest BCUT2D eigenvalue weighted by Gasteiger charge is 2.76. The van der Waals surface area contributed by atoms with Crippen LogP contribution in [0.3, 0.4) is 0 Å². The van der Waals surface area contributed by atoms with E-state index in [0.717, 1.165) is 0 Å². The Morgan fingerprint density at radius 3 is 2.36 bits per heavy atom. The molecule has 0 heterocycles. The minimum Gasteiger partial charge on any atom is -0.481 e. The number of halogens is 2. The van der Waals surface area contributed by atoms with Crippen molar-refractivity contribution in [2.45, 2.75) is 25.2 Å². The average molecular weight is 162 g/mol. The molecule has 3 aliphatic carbocycles. The van der Waals surface area contributed by atoms with Gasteiger partial charge in [0, 0.05) is 5.92 Å². The lowest BCUT2D eigenvalue weighted by atomic mass is 9.66.